The average Bonchev–Trinajstić information content (AvgIpc) is 2.57. The van der Waals surface area contributed by atoms with Crippen molar-refractivity contribution in [2.24, 2.45) is 0 Å². The Morgan fingerprint density at radius 2 is 0.885 bits per heavy atom. The average molecular weight is 367 g/mol. The summed E-state index contributed by atoms with van der Waals surface area (Å²) in [5.74, 6) is -1.38. The standard InChI is InChI=1S/C22H38O4/c1-19(13-7-3-5-9-17-21(23)24)15-11-12-16-20(2)14-8-4-6-10-18-22(25)26/h15-16H,3-14,17-18H2,1-2H3,(H,23,24)(H,25,26)/b19-15-,20-16+. The van der Waals surface area contributed by atoms with Gasteiger partial charge in [-0.15, -0.1) is 0 Å². The van der Waals surface area contributed by atoms with Gasteiger partial charge in [0.05, 0.1) is 0 Å². The van der Waals surface area contributed by atoms with Gasteiger partial charge in [-0.1, -0.05) is 49.0 Å². The van der Waals surface area contributed by atoms with Crippen molar-refractivity contribution in [1.82, 2.24) is 0 Å². The lowest BCUT2D eigenvalue weighted by atomic mass is 10.0. The maximum Gasteiger partial charge on any atom is 0.303 e. The smallest absolute Gasteiger partial charge is 0.303 e. The normalized spacial score (nSPS) is 12.4. The zero-order chi connectivity index (χ0) is 19.6. The van der Waals surface area contributed by atoms with Gasteiger partial charge in [-0.2, -0.15) is 0 Å². The molecule has 0 saturated heterocycles. The van der Waals surface area contributed by atoms with E-state index in [2.05, 4.69) is 26.0 Å². The van der Waals surface area contributed by atoms with Crippen LogP contribution < -0.4 is 0 Å². The number of carboxylic acids is 2. The molecule has 0 aromatic rings. The van der Waals surface area contributed by atoms with E-state index in [1.165, 1.54) is 11.1 Å². The summed E-state index contributed by atoms with van der Waals surface area (Å²) in [5.41, 5.74) is 2.88. The van der Waals surface area contributed by atoms with Crippen LogP contribution in [0.25, 0.3) is 0 Å². The van der Waals surface area contributed by atoms with E-state index in [0.717, 1.165) is 77.0 Å². The maximum absolute atomic E-state index is 10.4. The van der Waals surface area contributed by atoms with Crippen molar-refractivity contribution >= 4 is 11.9 Å². The zero-order valence-electron chi connectivity index (χ0n) is 16.8. The second-order valence-electron chi connectivity index (χ2n) is 7.29. The highest BCUT2D eigenvalue weighted by Gasteiger charge is 1.98. The first-order chi connectivity index (χ1) is 12.4. The largest absolute Gasteiger partial charge is 0.481 e. The lowest BCUT2D eigenvalue weighted by Crippen LogP contribution is -1.93. The Morgan fingerprint density at radius 1 is 0.577 bits per heavy atom. The number of unbranched alkanes of at least 4 members (excludes halogenated alkanes) is 7. The maximum atomic E-state index is 10.4. The Kier molecular flexibility index (Phi) is 15.8. The van der Waals surface area contributed by atoms with Gasteiger partial charge in [0.15, 0.2) is 0 Å². The predicted molar refractivity (Wildman–Crippen MR) is 107 cm³/mol. The second kappa shape index (κ2) is 16.9. The number of rotatable bonds is 17. The van der Waals surface area contributed by atoms with Gasteiger partial charge in [0.25, 0.3) is 0 Å². The zero-order valence-corrected chi connectivity index (χ0v) is 16.8. The highest BCUT2D eigenvalue weighted by Crippen LogP contribution is 2.14. The number of carbonyl (C=O) groups is 2. The van der Waals surface area contributed by atoms with E-state index in [-0.39, 0.29) is 0 Å². The van der Waals surface area contributed by atoms with Crippen LogP contribution in [0.1, 0.15) is 104 Å². The number of hydrogen-bond donors (Lipinski definition) is 2. The van der Waals surface area contributed by atoms with Crippen LogP contribution in [0.4, 0.5) is 0 Å². The van der Waals surface area contributed by atoms with E-state index in [1.54, 1.807) is 0 Å². The lowest BCUT2D eigenvalue weighted by Gasteiger charge is -2.03. The number of aliphatic carboxylic acids is 2. The molecule has 0 aromatic heterocycles. The molecule has 150 valence electrons. The molecule has 0 unspecified atom stereocenters. The molecule has 26 heavy (non-hydrogen) atoms. The molecule has 0 aliphatic heterocycles. The lowest BCUT2D eigenvalue weighted by molar-refractivity contribution is -0.138. The van der Waals surface area contributed by atoms with E-state index in [0.29, 0.717) is 12.8 Å². The third-order valence-corrected chi connectivity index (χ3v) is 4.58. The van der Waals surface area contributed by atoms with Crippen molar-refractivity contribution in [2.45, 2.75) is 104 Å². The molecule has 0 rings (SSSR count). The Bertz CT molecular complexity index is 407. The Hall–Kier alpha value is -1.58. The summed E-state index contributed by atoms with van der Waals surface area (Å²) < 4.78 is 0. The van der Waals surface area contributed by atoms with Crippen LogP contribution in [0.15, 0.2) is 23.3 Å². The van der Waals surface area contributed by atoms with Crippen LogP contribution in [0.3, 0.4) is 0 Å². The molecule has 0 bridgehead atoms. The predicted octanol–water partition coefficient (Wildman–Crippen LogP) is 6.51. The fraction of sp³-hybridized carbons (Fsp3) is 0.727. The van der Waals surface area contributed by atoms with Crippen LogP contribution in [-0.4, -0.2) is 22.2 Å². The Labute approximate surface area is 159 Å². The molecular weight excluding hydrogens is 328 g/mol. The molecule has 0 aromatic carbocycles. The van der Waals surface area contributed by atoms with Gasteiger partial charge in [0.1, 0.15) is 0 Å². The molecule has 0 aliphatic rings. The van der Waals surface area contributed by atoms with Gasteiger partial charge in [0, 0.05) is 12.8 Å². The van der Waals surface area contributed by atoms with Gasteiger partial charge in [-0.05, 0) is 65.2 Å². The minimum atomic E-state index is -0.692. The summed E-state index contributed by atoms with van der Waals surface area (Å²) >= 11 is 0. The van der Waals surface area contributed by atoms with Crippen molar-refractivity contribution in [3.8, 4) is 0 Å². The van der Waals surface area contributed by atoms with Crippen molar-refractivity contribution in [3.63, 3.8) is 0 Å². The number of carboxylic acid groups (broad SMARTS) is 2. The van der Waals surface area contributed by atoms with E-state index in [9.17, 15) is 9.59 Å². The van der Waals surface area contributed by atoms with Gasteiger partial charge in [0.2, 0.25) is 0 Å². The molecule has 0 saturated carbocycles. The molecule has 0 amide bonds. The minimum absolute atomic E-state index is 0.294. The molecular formula is C22H38O4. The second-order valence-corrected chi connectivity index (χ2v) is 7.29. The monoisotopic (exact) mass is 366 g/mol. The molecule has 4 nitrogen and oxygen atoms in total. The summed E-state index contributed by atoms with van der Waals surface area (Å²) in [6.07, 6.45) is 17.8. The third-order valence-electron chi connectivity index (χ3n) is 4.58. The van der Waals surface area contributed by atoms with Gasteiger partial charge < -0.3 is 10.2 Å². The summed E-state index contributed by atoms with van der Waals surface area (Å²) in [6, 6.07) is 0. The molecule has 0 atom stereocenters. The van der Waals surface area contributed by atoms with Crippen LogP contribution in [0.2, 0.25) is 0 Å². The number of hydrogen-bond acceptors (Lipinski definition) is 2. The molecule has 0 radical (unpaired) electrons. The highest BCUT2D eigenvalue weighted by molar-refractivity contribution is 5.66. The summed E-state index contributed by atoms with van der Waals surface area (Å²) in [4.78, 5) is 20.8. The quantitative estimate of drug-likeness (QED) is 0.227. The fourth-order valence-corrected chi connectivity index (χ4v) is 2.93. The topological polar surface area (TPSA) is 74.6 Å². The van der Waals surface area contributed by atoms with Crippen molar-refractivity contribution in [2.75, 3.05) is 0 Å². The molecule has 4 heteroatoms. The highest BCUT2D eigenvalue weighted by atomic mass is 16.4. The Balaban J connectivity index is 3.60. The molecule has 2 N–H and O–H groups in total. The van der Waals surface area contributed by atoms with Crippen molar-refractivity contribution in [1.29, 1.82) is 0 Å². The van der Waals surface area contributed by atoms with Crippen LogP contribution >= 0.6 is 0 Å². The molecule has 0 spiro atoms. The van der Waals surface area contributed by atoms with Gasteiger partial charge in [-0.25, -0.2) is 0 Å². The third kappa shape index (κ3) is 18.8. The van der Waals surface area contributed by atoms with E-state index < -0.39 is 11.9 Å². The van der Waals surface area contributed by atoms with Gasteiger partial charge in [-0.3, -0.25) is 9.59 Å². The number of allylic oxidation sites excluding steroid dienone is 4. The van der Waals surface area contributed by atoms with Crippen LogP contribution in [0, 0.1) is 0 Å². The SMILES string of the molecule is C/C(=C/CC/C=C(\C)CCCCCCC(=O)O)CCCCCCC(=O)O. The Morgan fingerprint density at radius 3 is 1.19 bits per heavy atom. The van der Waals surface area contributed by atoms with Crippen molar-refractivity contribution in [3.05, 3.63) is 23.3 Å². The molecule has 0 aliphatic carbocycles. The van der Waals surface area contributed by atoms with E-state index in [1.807, 2.05) is 0 Å². The fourth-order valence-electron chi connectivity index (χ4n) is 2.93. The summed E-state index contributed by atoms with van der Waals surface area (Å²) in [5, 5.41) is 17.2. The van der Waals surface area contributed by atoms with E-state index >= 15 is 0 Å². The van der Waals surface area contributed by atoms with Gasteiger partial charge >= 0.3 is 11.9 Å². The first kappa shape index (κ1) is 24.4. The molecule has 0 fully saturated rings. The first-order valence-corrected chi connectivity index (χ1v) is 10.2. The minimum Gasteiger partial charge on any atom is -0.481 e. The van der Waals surface area contributed by atoms with Crippen LogP contribution in [-0.2, 0) is 9.59 Å². The summed E-state index contributed by atoms with van der Waals surface area (Å²) in [6.45, 7) is 4.37. The first-order valence-electron chi connectivity index (χ1n) is 10.2. The van der Waals surface area contributed by atoms with Crippen LogP contribution in [0.5, 0.6) is 0 Å². The van der Waals surface area contributed by atoms with E-state index in [4.69, 9.17) is 10.2 Å². The van der Waals surface area contributed by atoms with Crippen molar-refractivity contribution < 1.29 is 19.8 Å². The molecule has 0 heterocycles. The summed E-state index contributed by atoms with van der Waals surface area (Å²) in [7, 11) is 0.